The molecule has 13 heteroatoms. The lowest BCUT2D eigenvalue weighted by Gasteiger charge is -2.08. The molecule has 1 amide bonds. The second-order valence-electron chi connectivity index (χ2n) is 7.40. The topological polar surface area (TPSA) is 77.1 Å². The molecule has 1 N–H and O–H groups in total. The Bertz CT molecular complexity index is 1400. The highest BCUT2D eigenvalue weighted by molar-refractivity contribution is 6.35. The third-order valence-electron chi connectivity index (χ3n) is 5.11. The minimum absolute atomic E-state index is 0.270. The second-order valence-corrected chi connectivity index (χ2v) is 8.24. The molecule has 3 heterocycles. The summed E-state index contributed by atoms with van der Waals surface area (Å²) in [6.07, 6.45) is -6.15. The molecule has 0 aliphatic heterocycles. The number of rotatable bonds is 6. The predicted octanol–water partition coefficient (Wildman–Crippen LogP) is 6.03. The van der Waals surface area contributed by atoms with Crippen LogP contribution in [0.1, 0.15) is 51.7 Å². The summed E-state index contributed by atoms with van der Waals surface area (Å²) in [4.78, 5) is 16.5. The van der Waals surface area contributed by atoms with Crippen LogP contribution >= 0.6 is 23.2 Å². The average Bonchev–Trinajstić information content (AvgIpc) is 3.31. The smallest absolute Gasteiger partial charge is 0.280 e. The van der Waals surface area contributed by atoms with Crippen molar-refractivity contribution in [3.63, 3.8) is 0 Å². The summed E-state index contributed by atoms with van der Waals surface area (Å²) in [5.74, 6) is -0.736. The lowest BCUT2D eigenvalue weighted by atomic mass is 10.2. The van der Waals surface area contributed by atoms with E-state index in [0.29, 0.717) is 44.2 Å². The van der Waals surface area contributed by atoms with Gasteiger partial charge in [-0.15, -0.1) is 0 Å². The van der Waals surface area contributed by atoms with Gasteiger partial charge in [-0.3, -0.25) is 9.48 Å². The highest BCUT2D eigenvalue weighted by Gasteiger charge is 2.23. The van der Waals surface area contributed by atoms with E-state index >= 15 is 0 Å². The summed E-state index contributed by atoms with van der Waals surface area (Å²) < 4.78 is 55.1. The van der Waals surface area contributed by atoms with Crippen molar-refractivity contribution in [3.8, 4) is 0 Å². The van der Waals surface area contributed by atoms with E-state index in [9.17, 15) is 22.4 Å². The van der Waals surface area contributed by atoms with Crippen LogP contribution < -0.4 is 5.32 Å². The first-order chi connectivity index (χ1) is 16.0. The first kappa shape index (κ1) is 24.0. The number of carbonyl (C=O) groups excluding carboxylic acids is 1. The molecule has 0 saturated carbocycles. The number of halogens is 6. The molecule has 1 aromatic carbocycles. The monoisotopic (exact) mass is 514 g/mol. The molecule has 7 nitrogen and oxygen atoms in total. The van der Waals surface area contributed by atoms with E-state index in [4.69, 9.17) is 23.2 Å². The Morgan fingerprint density at radius 3 is 2.44 bits per heavy atom. The number of anilines is 1. The number of nitrogens with zero attached hydrogens (tertiary/aromatic N) is 5. The quantitative estimate of drug-likeness (QED) is 0.319. The highest BCUT2D eigenvalue weighted by atomic mass is 35.5. The van der Waals surface area contributed by atoms with Crippen LogP contribution in [0.25, 0.3) is 5.65 Å². The van der Waals surface area contributed by atoms with Gasteiger partial charge in [0, 0.05) is 16.1 Å². The standard InChI is InChI=1S/C21H16Cl2F4N6O/c1-9-18(10(2)32(30-9)8-11-3-4-12(22)5-13(11)23)29-21(34)15-7-17-28-14(19(24)25)6-16(20(26)27)33(17)31-15/h3-7,19-20H,8H2,1-2H3,(H,29,34). The zero-order valence-electron chi connectivity index (χ0n) is 17.7. The lowest BCUT2D eigenvalue weighted by Crippen LogP contribution is -2.14. The molecule has 0 aliphatic rings. The van der Waals surface area contributed by atoms with Crippen molar-refractivity contribution in [1.82, 2.24) is 24.4 Å². The summed E-state index contributed by atoms with van der Waals surface area (Å²) >= 11 is 12.2. The van der Waals surface area contributed by atoms with Gasteiger partial charge in [-0.2, -0.15) is 10.2 Å². The number of hydrogen-bond donors (Lipinski definition) is 1. The fraction of sp³-hybridized carbons (Fsp3) is 0.238. The Labute approximate surface area is 200 Å². The van der Waals surface area contributed by atoms with Crippen LogP contribution in [-0.4, -0.2) is 30.3 Å². The molecule has 0 spiro atoms. The number of alkyl halides is 4. The number of benzene rings is 1. The normalized spacial score (nSPS) is 11.7. The molecule has 0 atom stereocenters. The number of aromatic nitrogens is 5. The molecule has 0 unspecified atom stereocenters. The van der Waals surface area contributed by atoms with Gasteiger partial charge in [-0.25, -0.2) is 27.1 Å². The molecule has 3 aromatic heterocycles. The van der Waals surface area contributed by atoms with Gasteiger partial charge in [0.15, 0.2) is 11.3 Å². The Morgan fingerprint density at radius 2 is 1.79 bits per heavy atom. The maximum Gasteiger partial charge on any atom is 0.280 e. The summed E-state index contributed by atoms with van der Waals surface area (Å²) in [6.45, 7) is 3.72. The molecule has 0 radical (unpaired) electrons. The van der Waals surface area contributed by atoms with Crippen LogP contribution in [0.15, 0.2) is 30.3 Å². The summed E-state index contributed by atoms with van der Waals surface area (Å²) in [6, 6.07) is 6.70. The fourth-order valence-corrected chi connectivity index (χ4v) is 3.89. The maximum absolute atomic E-state index is 13.4. The van der Waals surface area contributed by atoms with E-state index in [1.807, 2.05) is 0 Å². The van der Waals surface area contributed by atoms with Gasteiger partial charge in [0.05, 0.1) is 23.6 Å². The van der Waals surface area contributed by atoms with Gasteiger partial charge >= 0.3 is 0 Å². The minimum atomic E-state index is -3.10. The number of fused-ring (bicyclic) bond motifs is 1. The molecule has 4 rings (SSSR count). The van der Waals surface area contributed by atoms with E-state index in [1.54, 1.807) is 36.7 Å². The molecule has 0 aliphatic carbocycles. The highest BCUT2D eigenvalue weighted by Crippen LogP contribution is 2.27. The average molecular weight is 515 g/mol. The molecule has 0 bridgehead atoms. The van der Waals surface area contributed by atoms with E-state index in [-0.39, 0.29) is 11.3 Å². The third kappa shape index (κ3) is 4.58. The molecular weight excluding hydrogens is 499 g/mol. The number of nitrogens with one attached hydrogen (secondary N) is 1. The van der Waals surface area contributed by atoms with Crippen molar-refractivity contribution in [1.29, 1.82) is 0 Å². The molecule has 0 fully saturated rings. The molecule has 0 saturated heterocycles. The lowest BCUT2D eigenvalue weighted by molar-refractivity contribution is 0.102. The third-order valence-corrected chi connectivity index (χ3v) is 5.70. The second kappa shape index (κ2) is 9.22. The molecular formula is C21H16Cl2F4N6O. The Kier molecular flexibility index (Phi) is 6.50. The summed E-state index contributed by atoms with van der Waals surface area (Å²) in [5.41, 5.74) is 0.0617. The van der Waals surface area contributed by atoms with Crippen LogP contribution in [-0.2, 0) is 6.54 Å². The van der Waals surface area contributed by atoms with Crippen molar-refractivity contribution in [3.05, 3.63) is 74.4 Å². The Hall–Kier alpha value is -3.18. The van der Waals surface area contributed by atoms with E-state index < -0.39 is 30.1 Å². The van der Waals surface area contributed by atoms with Gasteiger partial charge in [0.25, 0.3) is 18.8 Å². The van der Waals surface area contributed by atoms with Gasteiger partial charge in [-0.05, 0) is 37.6 Å². The Morgan fingerprint density at radius 1 is 1.06 bits per heavy atom. The number of hydrogen-bond acceptors (Lipinski definition) is 4. The predicted molar refractivity (Wildman–Crippen MR) is 118 cm³/mol. The Balaban J connectivity index is 1.63. The molecule has 34 heavy (non-hydrogen) atoms. The number of carbonyl (C=O) groups is 1. The minimum Gasteiger partial charge on any atom is -0.317 e. The maximum atomic E-state index is 13.4. The number of amides is 1. The van der Waals surface area contributed by atoms with Crippen molar-refractivity contribution < 1.29 is 22.4 Å². The first-order valence-electron chi connectivity index (χ1n) is 9.81. The van der Waals surface area contributed by atoms with Crippen molar-refractivity contribution in [2.24, 2.45) is 0 Å². The summed E-state index contributed by atoms with van der Waals surface area (Å²) in [5, 5.41) is 11.9. The SMILES string of the molecule is Cc1nn(Cc2ccc(Cl)cc2Cl)c(C)c1NC(=O)c1cc2nc(C(F)F)cc(C(F)F)n2n1. The number of aryl methyl sites for hydroxylation is 1. The van der Waals surface area contributed by atoms with Gasteiger partial charge < -0.3 is 5.32 Å². The van der Waals surface area contributed by atoms with Crippen molar-refractivity contribution >= 4 is 40.4 Å². The van der Waals surface area contributed by atoms with Gasteiger partial charge in [0.1, 0.15) is 11.4 Å². The van der Waals surface area contributed by atoms with Crippen LogP contribution in [0.4, 0.5) is 23.2 Å². The zero-order valence-corrected chi connectivity index (χ0v) is 19.2. The van der Waals surface area contributed by atoms with Crippen molar-refractivity contribution in [2.75, 3.05) is 5.32 Å². The fourth-order valence-electron chi connectivity index (χ4n) is 3.42. The first-order valence-corrected chi connectivity index (χ1v) is 10.6. The summed E-state index contributed by atoms with van der Waals surface area (Å²) in [7, 11) is 0. The van der Waals surface area contributed by atoms with E-state index in [2.05, 4.69) is 20.5 Å². The van der Waals surface area contributed by atoms with Crippen LogP contribution in [0, 0.1) is 13.8 Å². The molecule has 178 valence electrons. The molecule has 4 aromatic rings. The van der Waals surface area contributed by atoms with Crippen LogP contribution in [0.2, 0.25) is 10.0 Å². The van der Waals surface area contributed by atoms with Gasteiger partial charge in [-0.1, -0.05) is 29.3 Å². The van der Waals surface area contributed by atoms with E-state index in [0.717, 1.165) is 11.6 Å². The largest absolute Gasteiger partial charge is 0.317 e. The van der Waals surface area contributed by atoms with Crippen LogP contribution in [0.5, 0.6) is 0 Å². The van der Waals surface area contributed by atoms with Crippen molar-refractivity contribution in [2.45, 2.75) is 33.2 Å². The van der Waals surface area contributed by atoms with Crippen LogP contribution in [0.3, 0.4) is 0 Å². The zero-order chi connectivity index (χ0) is 24.7. The van der Waals surface area contributed by atoms with E-state index in [1.165, 1.54) is 0 Å². The van der Waals surface area contributed by atoms with Gasteiger partial charge in [0.2, 0.25) is 0 Å².